The molecule has 0 amide bonds. The van der Waals surface area contributed by atoms with Crippen LogP contribution in [0.4, 0.5) is 0 Å². The van der Waals surface area contributed by atoms with Crippen molar-refractivity contribution in [1.29, 1.82) is 0 Å². The SMILES string of the molecule is CCS(=O)(=O)CCNCc1ccc(OC)nc1. The molecule has 0 bridgehead atoms. The van der Waals surface area contributed by atoms with Crippen LogP contribution in [0.3, 0.4) is 0 Å². The number of sulfone groups is 1. The van der Waals surface area contributed by atoms with E-state index in [4.69, 9.17) is 4.74 Å². The van der Waals surface area contributed by atoms with Crippen molar-refractivity contribution >= 4 is 9.84 Å². The normalized spacial score (nSPS) is 11.4. The van der Waals surface area contributed by atoms with E-state index in [-0.39, 0.29) is 11.5 Å². The molecule has 1 heterocycles. The minimum absolute atomic E-state index is 0.174. The van der Waals surface area contributed by atoms with E-state index in [1.165, 1.54) is 0 Å². The lowest BCUT2D eigenvalue weighted by Gasteiger charge is -2.05. The lowest BCUT2D eigenvalue weighted by Crippen LogP contribution is -2.23. The largest absolute Gasteiger partial charge is 0.481 e. The molecule has 1 rings (SSSR count). The molecule has 0 aliphatic heterocycles. The minimum Gasteiger partial charge on any atom is -0.481 e. The van der Waals surface area contributed by atoms with Crippen molar-refractivity contribution in [1.82, 2.24) is 10.3 Å². The first-order chi connectivity index (χ1) is 8.07. The number of methoxy groups -OCH3 is 1. The van der Waals surface area contributed by atoms with Crippen LogP contribution in [0.15, 0.2) is 18.3 Å². The van der Waals surface area contributed by atoms with Gasteiger partial charge in [0, 0.05) is 31.1 Å². The van der Waals surface area contributed by atoms with E-state index in [0.717, 1.165) is 5.56 Å². The highest BCUT2D eigenvalue weighted by Gasteiger charge is 2.05. The van der Waals surface area contributed by atoms with E-state index in [1.807, 2.05) is 6.07 Å². The maximum Gasteiger partial charge on any atom is 0.212 e. The van der Waals surface area contributed by atoms with Gasteiger partial charge in [0.15, 0.2) is 9.84 Å². The molecule has 0 aliphatic carbocycles. The van der Waals surface area contributed by atoms with Crippen LogP contribution in [0.2, 0.25) is 0 Å². The average Bonchev–Trinajstić information content (AvgIpc) is 2.35. The Labute approximate surface area is 102 Å². The van der Waals surface area contributed by atoms with Crippen LogP contribution in [-0.4, -0.2) is 38.6 Å². The summed E-state index contributed by atoms with van der Waals surface area (Å²) in [6.07, 6.45) is 1.71. The number of hydrogen-bond donors (Lipinski definition) is 1. The summed E-state index contributed by atoms with van der Waals surface area (Å²) in [5, 5.41) is 3.07. The molecule has 96 valence electrons. The van der Waals surface area contributed by atoms with Gasteiger partial charge in [-0.05, 0) is 5.56 Å². The predicted octanol–water partition coefficient (Wildman–Crippen LogP) is 0.614. The molecule has 1 aromatic heterocycles. The van der Waals surface area contributed by atoms with Gasteiger partial charge in [0.1, 0.15) is 0 Å². The fourth-order valence-electron chi connectivity index (χ4n) is 1.24. The molecule has 0 saturated carbocycles. The molecule has 0 saturated heterocycles. The minimum atomic E-state index is -2.88. The Balaban J connectivity index is 2.31. The highest BCUT2D eigenvalue weighted by molar-refractivity contribution is 7.91. The van der Waals surface area contributed by atoms with E-state index in [9.17, 15) is 8.42 Å². The second-order valence-corrected chi connectivity index (χ2v) is 6.09. The zero-order chi connectivity index (χ0) is 12.7. The average molecular weight is 258 g/mol. The molecule has 0 unspecified atom stereocenters. The van der Waals surface area contributed by atoms with Crippen molar-refractivity contribution < 1.29 is 13.2 Å². The Kier molecular flexibility index (Phi) is 5.37. The fourth-order valence-corrected chi connectivity index (χ4v) is 1.98. The molecule has 6 heteroatoms. The van der Waals surface area contributed by atoms with E-state index < -0.39 is 9.84 Å². The monoisotopic (exact) mass is 258 g/mol. The third kappa shape index (κ3) is 5.14. The van der Waals surface area contributed by atoms with E-state index >= 15 is 0 Å². The van der Waals surface area contributed by atoms with Crippen molar-refractivity contribution in [2.75, 3.05) is 25.2 Å². The molecule has 1 N–H and O–H groups in total. The third-order valence-corrected chi connectivity index (χ3v) is 4.07. The highest BCUT2D eigenvalue weighted by atomic mass is 32.2. The number of ether oxygens (including phenoxy) is 1. The molecular weight excluding hydrogens is 240 g/mol. The summed E-state index contributed by atoms with van der Waals surface area (Å²) >= 11 is 0. The summed E-state index contributed by atoms with van der Waals surface area (Å²) in [5.74, 6) is 0.939. The van der Waals surface area contributed by atoms with Gasteiger partial charge < -0.3 is 10.1 Å². The zero-order valence-electron chi connectivity index (χ0n) is 10.1. The lowest BCUT2D eigenvalue weighted by molar-refractivity contribution is 0.397. The second-order valence-electron chi connectivity index (χ2n) is 3.62. The second kappa shape index (κ2) is 6.56. The molecule has 17 heavy (non-hydrogen) atoms. The van der Waals surface area contributed by atoms with E-state index in [1.54, 1.807) is 26.3 Å². The van der Waals surface area contributed by atoms with Gasteiger partial charge in [0.2, 0.25) is 5.88 Å². The molecule has 0 aromatic carbocycles. The first kappa shape index (κ1) is 13.9. The van der Waals surface area contributed by atoms with E-state index in [0.29, 0.717) is 19.0 Å². The number of hydrogen-bond acceptors (Lipinski definition) is 5. The maximum atomic E-state index is 11.2. The number of nitrogens with zero attached hydrogens (tertiary/aromatic N) is 1. The Bertz CT molecular complexity index is 429. The van der Waals surface area contributed by atoms with Crippen LogP contribution in [0.25, 0.3) is 0 Å². The highest BCUT2D eigenvalue weighted by Crippen LogP contribution is 2.05. The van der Waals surface area contributed by atoms with Gasteiger partial charge in [-0.3, -0.25) is 0 Å². The van der Waals surface area contributed by atoms with Crippen LogP contribution in [-0.2, 0) is 16.4 Å². The van der Waals surface area contributed by atoms with Gasteiger partial charge in [0.05, 0.1) is 12.9 Å². The predicted molar refractivity (Wildman–Crippen MR) is 66.8 cm³/mol. The number of pyridine rings is 1. The van der Waals surface area contributed by atoms with Crippen molar-refractivity contribution in [2.45, 2.75) is 13.5 Å². The summed E-state index contributed by atoms with van der Waals surface area (Å²) < 4.78 is 27.4. The van der Waals surface area contributed by atoms with Crippen LogP contribution in [0.1, 0.15) is 12.5 Å². The third-order valence-electron chi connectivity index (χ3n) is 2.37. The summed E-state index contributed by atoms with van der Waals surface area (Å²) in [6.45, 7) is 2.72. The summed E-state index contributed by atoms with van der Waals surface area (Å²) in [7, 11) is -1.32. The smallest absolute Gasteiger partial charge is 0.212 e. The van der Waals surface area contributed by atoms with Crippen LogP contribution >= 0.6 is 0 Å². The Hall–Kier alpha value is -1.14. The summed E-state index contributed by atoms with van der Waals surface area (Å²) in [4.78, 5) is 4.06. The van der Waals surface area contributed by atoms with Crippen molar-refractivity contribution in [3.05, 3.63) is 23.9 Å². The molecule has 1 aromatic rings. The lowest BCUT2D eigenvalue weighted by atomic mass is 10.3. The summed E-state index contributed by atoms with van der Waals surface area (Å²) in [6, 6.07) is 3.67. The Morgan fingerprint density at radius 3 is 2.71 bits per heavy atom. The van der Waals surface area contributed by atoms with Gasteiger partial charge in [-0.1, -0.05) is 13.0 Å². The van der Waals surface area contributed by atoms with Crippen molar-refractivity contribution in [2.24, 2.45) is 0 Å². The van der Waals surface area contributed by atoms with Crippen LogP contribution in [0.5, 0.6) is 5.88 Å². The van der Waals surface area contributed by atoms with Crippen molar-refractivity contribution in [3.8, 4) is 5.88 Å². The molecule has 5 nitrogen and oxygen atoms in total. The zero-order valence-corrected chi connectivity index (χ0v) is 11.0. The molecule has 0 fully saturated rings. The molecule has 0 spiro atoms. The van der Waals surface area contributed by atoms with E-state index in [2.05, 4.69) is 10.3 Å². The van der Waals surface area contributed by atoms with Crippen LogP contribution in [0, 0.1) is 0 Å². The number of nitrogens with one attached hydrogen (secondary N) is 1. The van der Waals surface area contributed by atoms with Crippen molar-refractivity contribution in [3.63, 3.8) is 0 Å². The molecular formula is C11H18N2O3S. The molecule has 0 radical (unpaired) electrons. The van der Waals surface area contributed by atoms with Gasteiger partial charge in [-0.15, -0.1) is 0 Å². The number of rotatable bonds is 7. The maximum absolute atomic E-state index is 11.2. The first-order valence-electron chi connectivity index (χ1n) is 5.47. The molecule has 0 aliphatic rings. The Morgan fingerprint density at radius 2 is 2.18 bits per heavy atom. The van der Waals surface area contributed by atoms with Gasteiger partial charge in [0.25, 0.3) is 0 Å². The fraction of sp³-hybridized carbons (Fsp3) is 0.545. The quantitative estimate of drug-likeness (QED) is 0.726. The standard InChI is InChI=1S/C11H18N2O3S/c1-3-17(14,15)7-6-12-8-10-4-5-11(16-2)13-9-10/h4-5,9,12H,3,6-8H2,1-2H3. The molecule has 0 atom stereocenters. The summed E-state index contributed by atoms with van der Waals surface area (Å²) in [5.41, 5.74) is 1.000. The van der Waals surface area contributed by atoms with Crippen LogP contribution < -0.4 is 10.1 Å². The first-order valence-corrected chi connectivity index (χ1v) is 7.29. The van der Waals surface area contributed by atoms with Gasteiger partial charge >= 0.3 is 0 Å². The topological polar surface area (TPSA) is 68.3 Å². The van der Waals surface area contributed by atoms with Gasteiger partial charge in [-0.2, -0.15) is 0 Å². The van der Waals surface area contributed by atoms with Gasteiger partial charge in [-0.25, -0.2) is 13.4 Å². The Morgan fingerprint density at radius 1 is 1.41 bits per heavy atom. The number of aromatic nitrogens is 1.